The van der Waals surface area contributed by atoms with Crippen LogP contribution in [0, 0.1) is 5.82 Å². The standard InChI is InChI=1S/C20H23FN2O4S/c1-16(27-19-9-7-18(21)8-10-19)20(24)22-11-13-23(14-12-22)28(25,26)15-17-5-3-2-4-6-17/h2-10,16H,11-15H2,1H3. The molecule has 1 amide bonds. The summed E-state index contributed by atoms with van der Waals surface area (Å²) in [4.78, 5) is 14.2. The zero-order valence-electron chi connectivity index (χ0n) is 15.6. The summed E-state index contributed by atoms with van der Waals surface area (Å²) in [6.07, 6.45) is -0.738. The lowest BCUT2D eigenvalue weighted by molar-refractivity contribution is -0.139. The predicted molar refractivity (Wildman–Crippen MR) is 104 cm³/mol. The minimum atomic E-state index is -3.43. The molecule has 1 fully saturated rings. The lowest BCUT2D eigenvalue weighted by atomic mass is 10.2. The second-order valence-electron chi connectivity index (χ2n) is 6.68. The first-order valence-electron chi connectivity index (χ1n) is 9.08. The van der Waals surface area contributed by atoms with E-state index in [9.17, 15) is 17.6 Å². The number of halogens is 1. The molecule has 2 aromatic rings. The third-order valence-corrected chi connectivity index (χ3v) is 6.46. The normalized spacial score (nSPS) is 16.6. The fourth-order valence-corrected chi connectivity index (χ4v) is 4.60. The van der Waals surface area contributed by atoms with E-state index in [0.717, 1.165) is 5.56 Å². The molecule has 6 nitrogen and oxygen atoms in total. The lowest BCUT2D eigenvalue weighted by Gasteiger charge is -2.35. The molecule has 150 valence electrons. The Kier molecular flexibility index (Phi) is 6.31. The number of carbonyl (C=O) groups is 1. The van der Waals surface area contributed by atoms with E-state index < -0.39 is 16.1 Å². The van der Waals surface area contributed by atoms with E-state index >= 15 is 0 Å². The van der Waals surface area contributed by atoms with Crippen LogP contribution in [0.5, 0.6) is 5.75 Å². The van der Waals surface area contributed by atoms with Gasteiger partial charge in [0.2, 0.25) is 10.0 Å². The van der Waals surface area contributed by atoms with Crippen molar-refractivity contribution in [2.75, 3.05) is 26.2 Å². The summed E-state index contributed by atoms with van der Waals surface area (Å²) in [5, 5.41) is 0. The number of piperazine rings is 1. The van der Waals surface area contributed by atoms with E-state index in [4.69, 9.17) is 4.74 Å². The molecule has 1 heterocycles. The number of hydrogen-bond acceptors (Lipinski definition) is 4. The Hall–Kier alpha value is -2.45. The van der Waals surface area contributed by atoms with Gasteiger partial charge in [-0.3, -0.25) is 4.79 Å². The van der Waals surface area contributed by atoms with Gasteiger partial charge in [0.05, 0.1) is 5.75 Å². The van der Waals surface area contributed by atoms with Gasteiger partial charge in [0, 0.05) is 26.2 Å². The van der Waals surface area contributed by atoms with Crippen molar-refractivity contribution < 1.29 is 22.3 Å². The number of rotatable bonds is 6. The Morgan fingerprint density at radius 1 is 1.04 bits per heavy atom. The SMILES string of the molecule is CC(Oc1ccc(F)cc1)C(=O)N1CCN(S(=O)(=O)Cc2ccccc2)CC1. The molecule has 1 unspecified atom stereocenters. The van der Waals surface area contributed by atoms with Crippen molar-refractivity contribution >= 4 is 15.9 Å². The van der Waals surface area contributed by atoms with Gasteiger partial charge in [-0.1, -0.05) is 30.3 Å². The van der Waals surface area contributed by atoms with Crippen LogP contribution in [0.1, 0.15) is 12.5 Å². The first-order chi connectivity index (χ1) is 13.3. The molecular formula is C20H23FN2O4S. The van der Waals surface area contributed by atoms with Gasteiger partial charge in [-0.25, -0.2) is 12.8 Å². The zero-order chi connectivity index (χ0) is 20.1. The third-order valence-electron chi connectivity index (χ3n) is 4.61. The third kappa shape index (κ3) is 5.08. The number of hydrogen-bond donors (Lipinski definition) is 0. The molecule has 8 heteroatoms. The molecule has 1 saturated heterocycles. The predicted octanol–water partition coefficient (Wildman–Crippen LogP) is 2.27. The average Bonchev–Trinajstić information content (AvgIpc) is 2.69. The van der Waals surface area contributed by atoms with Crippen molar-refractivity contribution in [1.29, 1.82) is 0 Å². The summed E-state index contributed by atoms with van der Waals surface area (Å²) in [6, 6.07) is 14.5. The summed E-state index contributed by atoms with van der Waals surface area (Å²) in [5.41, 5.74) is 0.738. The van der Waals surface area contributed by atoms with Crippen LogP contribution in [0.15, 0.2) is 54.6 Å². The van der Waals surface area contributed by atoms with Crippen LogP contribution < -0.4 is 4.74 Å². The Balaban J connectivity index is 1.54. The van der Waals surface area contributed by atoms with Crippen molar-refractivity contribution in [3.63, 3.8) is 0 Å². The molecule has 0 saturated carbocycles. The summed E-state index contributed by atoms with van der Waals surface area (Å²) >= 11 is 0. The monoisotopic (exact) mass is 406 g/mol. The molecule has 3 rings (SSSR count). The zero-order valence-corrected chi connectivity index (χ0v) is 16.4. The smallest absolute Gasteiger partial charge is 0.263 e. The summed E-state index contributed by atoms with van der Waals surface area (Å²) < 4.78 is 45.2. The summed E-state index contributed by atoms with van der Waals surface area (Å²) in [5.74, 6) is -0.235. The average molecular weight is 406 g/mol. The Morgan fingerprint density at radius 3 is 2.25 bits per heavy atom. The van der Waals surface area contributed by atoms with Crippen molar-refractivity contribution in [2.45, 2.75) is 18.8 Å². The van der Waals surface area contributed by atoms with Crippen LogP contribution in [0.25, 0.3) is 0 Å². The molecule has 0 aromatic heterocycles. The molecule has 0 bridgehead atoms. The number of sulfonamides is 1. The van der Waals surface area contributed by atoms with Gasteiger partial charge in [0.15, 0.2) is 6.10 Å². The number of carbonyl (C=O) groups excluding carboxylic acids is 1. The van der Waals surface area contributed by atoms with Gasteiger partial charge in [-0.05, 0) is 36.8 Å². The van der Waals surface area contributed by atoms with E-state index in [-0.39, 0.29) is 30.6 Å². The topological polar surface area (TPSA) is 66.9 Å². The fraction of sp³-hybridized carbons (Fsp3) is 0.350. The largest absolute Gasteiger partial charge is 0.481 e. The van der Waals surface area contributed by atoms with Crippen LogP contribution in [0.3, 0.4) is 0 Å². The highest BCUT2D eigenvalue weighted by atomic mass is 32.2. The van der Waals surface area contributed by atoms with Crippen LogP contribution in [0.4, 0.5) is 4.39 Å². The highest BCUT2D eigenvalue weighted by Crippen LogP contribution is 2.17. The maximum absolute atomic E-state index is 13.0. The quantitative estimate of drug-likeness (QED) is 0.738. The molecule has 1 atom stereocenters. The molecule has 1 aliphatic rings. The first kappa shape index (κ1) is 20.3. The fourth-order valence-electron chi connectivity index (χ4n) is 3.09. The van der Waals surface area contributed by atoms with Crippen molar-refractivity contribution in [3.05, 3.63) is 66.0 Å². The number of amides is 1. The minimum absolute atomic E-state index is 0.0497. The molecule has 0 N–H and O–H groups in total. The van der Waals surface area contributed by atoms with Crippen LogP contribution in [-0.4, -0.2) is 55.8 Å². The number of nitrogens with zero attached hydrogens (tertiary/aromatic N) is 2. The van der Waals surface area contributed by atoms with E-state index in [1.54, 1.807) is 24.0 Å². The van der Waals surface area contributed by atoms with Gasteiger partial charge in [-0.15, -0.1) is 0 Å². The highest BCUT2D eigenvalue weighted by Gasteiger charge is 2.31. The van der Waals surface area contributed by atoms with Gasteiger partial charge in [0.1, 0.15) is 11.6 Å². The van der Waals surface area contributed by atoms with Crippen LogP contribution in [-0.2, 0) is 20.6 Å². The lowest BCUT2D eigenvalue weighted by Crippen LogP contribution is -2.53. The summed E-state index contributed by atoms with van der Waals surface area (Å²) in [6.45, 7) is 2.76. The number of ether oxygens (including phenoxy) is 1. The molecule has 0 radical (unpaired) electrons. The van der Waals surface area contributed by atoms with E-state index in [1.807, 2.05) is 18.2 Å². The molecule has 28 heavy (non-hydrogen) atoms. The Labute approximate surface area is 164 Å². The molecule has 0 aliphatic carbocycles. The van der Waals surface area contributed by atoms with Crippen LogP contribution in [0.2, 0.25) is 0 Å². The Bertz CT molecular complexity index is 896. The molecule has 0 spiro atoms. The molecule has 1 aliphatic heterocycles. The minimum Gasteiger partial charge on any atom is -0.481 e. The molecular weight excluding hydrogens is 383 g/mol. The van der Waals surface area contributed by atoms with Crippen molar-refractivity contribution in [2.24, 2.45) is 0 Å². The maximum Gasteiger partial charge on any atom is 0.263 e. The highest BCUT2D eigenvalue weighted by molar-refractivity contribution is 7.88. The van der Waals surface area contributed by atoms with Gasteiger partial charge in [0.25, 0.3) is 5.91 Å². The van der Waals surface area contributed by atoms with Crippen LogP contribution >= 0.6 is 0 Å². The van der Waals surface area contributed by atoms with Gasteiger partial charge >= 0.3 is 0 Å². The summed E-state index contributed by atoms with van der Waals surface area (Å²) in [7, 11) is -3.43. The van der Waals surface area contributed by atoms with Gasteiger partial charge < -0.3 is 9.64 Å². The van der Waals surface area contributed by atoms with Crippen molar-refractivity contribution in [3.8, 4) is 5.75 Å². The first-order valence-corrected chi connectivity index (χ1v) is 10.7. The van der Waals surface area contributed by atoms with E-state index in [0.29, 0.717) is 18.8 Å². The molecule has 2 aromatic carbocycles. The van der Waals surface area contributed by atoms with E-state index in [2.05, 4.69) is 0 Å². The van der Waals surface area contributed by atoms with E-state index in [1.165, 1.54) is 28.6 Å². The second-order valence-corrected chi connectivity index (χ2v) is 8.65. The maximum atomic E-state index is 13.0. The van der Waals surface area contributed by atoms with Crippen molar-refractivity contribution in [1.82, 2.24) is 9.21 Å². The van der Waals surface area contributed by atoms with Gasteiger partial charge in [-0.2, -0.15) is 4.31 Å². The second kappa shape index (κ2) is 8.70. The number of benzene rings is 2. The Morgan fingerprint density at radius 2 is 1.64 bits per heavy atom.